The SMILES string of the molecule is Cc1cc(CC(=O)N2CCCC(O)C2)ccc1F. The van der Waals surface area contributed by atoms with Crippen molar-refractivity contribution in [1.29, 1.82) is 0 Å². The first-order chi connectivity index (χ1) is 8.56. The zero-order chi connectivity index (χ0) is 13.1. The summed E-state index contributed by atoms with van der Waals surface area (Å²) in [5, 5.41) is 9.53. The molecule has 1 atom stereocenters. The number of amides is 1. The van der Waals surface area contributed by atoms with E-state index in [4.69, 9.17) is 0 Å². The van der Waals surface area contributed by atoms with Crippen LogP contribution in [-0.4, -0.2) is 35.1 Å². The molecule has 98 valence electrons. The van der Waals surface area contributed by atoms with Crippen molar-refractivity contribution in [2.24, 2.45) is 0 Å². The highest BCUT2D eigenvalue weighted by Gasteiger charge is 2.21. The summed E-state index contributed by atoms with van der Waals surface area (Å²) < 4.78 is 13.1. The highest BCUT2D eigenvalue weighted by atomic mass is 19.1. The molecule has 1 aliphatic rings. The van der Waals surface area contributed by atoms with E-state index in [0.29, 0.717) is 18.7 Å². The quantitative estimate of drug-likeness (QED) is 0.868. The molecule has 1 fully saturated rings. The molecule has 1 aliphatic heterocycles. The van der Waals surface area contributed by atoms with E-state index in [0.717, 1.165) is 18.4 Å². The molecule has 0 aromatic heterocycles. The normalized spacial score (nSPS) is 19.9. The van der Waals surface area contributed by atoms with Gasteiger partial charge < -0.3 is 10.0 Å². The van der Waals surface area contributed by atoms with E-state index in [1.807, 2.05) is 0 Å². The predicted octanol–water partition coefficient (Wildman–Crippen LogP) is 1.66. The summed E-state index contributed by atoms with van der Waals surface area (Å²) >= 11 is 0. The summed E-state index contributed by atoms with van der Waals surface area (Å²) in [5.74, 6) is -0.251. The largest absolute Gasteiger partial charge is 0.391 e. The smallest absolute Gasteiger partial charge is 0.227 e. The van der Waals surface area contributed by atoms with Crippen LogP contribution in [0.2, 0.25) is 0 Å². The number of hydrogen-bond acceptors (Lipinski definition) is 2. The summed E-state index contributed by atoms with van der Waals surface area (Å²) in [4.78, 5) is 13.7. The second kappa shape index (κ2) is 5.48. The van der Waals surface area contributed by atoms with Gasteiger partial charge in [-0.2, -0.15) is 0 Å². The summed E-state index contributed by atoms with van der Waals surface area (Å²) in [5.41, 5.74) is 1.37. The Morgan fingerprint density at radius 2 is 2.33 bits per heavy atom. The minimum atomic E-state index is -0.405. The number of likely N-dealkylation sites (tertiary alicyclic amines) is 1. The molecule has 0 aliphatic carbocycles. The van der Waals surface area contributed by atoms with Gasteiger partial charge in [0.1, 0.15) is 5.82 Å². The van der Waals surface area contributed by atoms with E-state index < -0.39 is 6.10 Å². The molecule has 1 unspecified atom stereocenters. The molecule has 1 saturated heterocycles. The van der Waals surface area contributed by atoms with Gasteiger partial charge in [0.15, 0.2) is 0 Å². The van der Waals surface area contributed by atoms with E-state index in [-0.39, 0.29) is 18.1 Å². The Morgan fingerprint density at radius 3 is 3.00 bits per heavy atom. The van der Waals surface area contributed by atoms with Crippen LogP contribution in [0, 0.1) is 12.7 Å². The van der Waals surface area contributed by atoms with E-state index in [1.54, 1.807) is 24.0 Å². The van der Waals surface area contributed by atoms with Gasteiger partial charge in [0.25, 0.3) is 0 Å². The first kappa shape index (κ1) is 13.0. The fourth-order valence-electron chi connectivity index (χ4n) is 2.28. The Morgan fingerprint density at radius 1 is 1.56 bits per heavy atom. The fraction of sp³-hybridized carbons (Fsp3) is 0.500. The summed E-state index contributed by atoms with van der Waals surface area (Å²) in [7, 11) is 0. The number of β-amino-alcohol motifs (C(OH)–C–C–N with tert-alkyl or cyclic N) is 1. The van der Waals surface area contributed by atoms with Crippen molar-refractivity contribution in [2.45, 2.75) is 32.3 Å². The third kappa shape index (κ3) is 3.07. The van der Waals surface area contributed by atoms with Gasteiger partial charge in [-0.15, -0.1) is 0 Å². The number of aliphatic hydroxyl groups is 1. The van der Waals surface area contributed by atoms with E-state index in [2.05, 4.69) is 0 Å². The van der Waals surface area contributed by atoms with Crippen LogP contribution in [0.4, 0.5) is 4.39 Å². The lowest BCUT2D eigenvalue weighted by Gasteiger charge is -2.30. The van der Waals surface area contributed by atoms with Crippen LogP contribution in [0.15, 0.2) is 18.2 Å². The van der Waals surface area contributed by atoms with Gasteiger partial charge in [0.2, 0.25) is 5.91 Å². The van der Waals surface area contributed by atoms with Crippen LogP contribution in [0.5, 0.6) is 0 Å². The van der Waals surface area contributed by atoms with Crippen molar-refractivity contribution in [3.63, 3.8) is 0 Å². The minimum Gasteiger partial charge on any atom is -0.391 e. The number of nitrogens with zero attached hydrogens (tertiary/aromatic N) is 1. The molecule has 0 radical (unpaired) electrons. The first-order valence-electron chi connectivity index (χ1n) is 6.27. The Labute approximate surface area is 106 Å². The van der Waals surface area contributed by atoms with Crippen molar-refractivity contribution in [3.05, 3.63) is 35.1 Å². The fourth-order valence-corrected chi connectivity index (χ4v) is 2.28. The van der Waals surface area contributed by atoms with Crippen molar-refractivity contribution in [3.8, 4) is 0 Å². The van der Waals surface area contributed by atoms with Gasteiger partial charge in [0.05, 0.1) is 12.5 Å². The maximum atomic E-state index is 13.1. The molecule has 1 amide bonds. The number of benzene rings is 1. The van der Waals surface area contributed by atoms with Crippen LogP contribution < -0.4 is 0 Å². The lowest BCUT2D eigenvalue weighted by atomic mass is 10.0. The van der Waals surface area contributed by atoms with Gasteiger partial charge in [-0.25, -0.2) is 4.39 Å². The second-order valence-electron chi connectivity index (χ2n) is 4.90. The zero-order valence-corrected chi connectivity index (χ0v) is 10.5. The number of aryl methyl sites for hydroxylation is 1. The molecule has 1 N–H and O–H groups in total. The van der Waals surface area contributed by atoms with Gasteiger partial charge in [-0.1, -0.05) is 12.1 Å². The number of hydrogen-bond donors (Lipinski definition) is 1. The molecule has 1 heterocycles. The molecule has 1 aromatic carbocycles. The average Bonchev–Trinajstić information content (AvgIpc) is 2.34. The number of carbonyl (C=O) groups is 1. The summed E-state index contributed by atoms with van der Waals surface area (Å²) in [6.07, 6.45) is 1.47. The van der Waals surface area contributed by atoms with Crippen molar-refractivity contribution >= 4 is 5.91 Å². The maximum Gasteiger partial charge on any atom is 0.227 e. The number of aliphatic hydroxyl groups excluding tert-OH is 1. The molecule has 0 saturated carbocycles. The number of carbonyl (C=O) groups excluding carboxylic acids is 1. The maximum absolute atomic E-state index is 13.1. The van der Waals surface area contributed by atoms with Crippen LogP contribution in [0.25, 0.3) is 0 Å². The highest BCUT2D eigenvalue weighted by Crippen LogP contribution is 2.14. The molecule has 0 bridgehead atoms. The molecule has 0 spiro atoms. The van der Waals surface area contributed by atoms with Gasteiger partial charge in [-0.3, -0.25) is 4.79 Å². The lowest BCUT2D eigenvalue weighted by Crippen LogP contribution is -2.42. The molecule has 18 heavy (non-hydrogen) atoms. The van der Waals surface area contributed by atoms with Gasteiger partial charge in [0, 0.05) is 13.1 Å². The van der Waals surface area contributed by atoms with Crippen LogP contribution in [0.1, 0.15) is 24.0 Å². The predicted molar refractivity (Wildman–Crippen MR) is 66.7 cm³/mol. The molecular weight excluding hydrogens is 233 g/mol. The third-order valence-corrected chi connectivity index (χ3v) is 3.33. The Bertz CT molecular complexity index is 447. The Kier molecular flexibility index (Phi) is 3.97. The third-order valence-electron chi connectivity index (χ3n) is 3.33. The molecule has 3 nitrogen and oxygen atoms in total. The second-order valence-corrected chi connectivity index (χ2v) is 4.90. The minimum absolute atomic E-state index is 0.000224. The number of piperidine rings is 1. The molecular formula is C14H18FNO2. The Balaban J connectivity index is 2.00. The van der Waals surface area contributed by atoms with E-state index in [1.165, 1.54) is 6.07 Å². The van der Waals surface area contributed by atoms with E-state index >= 15 is 0 Å². The molecule has 1 aromatic rings. The van der Waals surface area contributed by atoms with Crippen LogP contribution in [0.3, 0.4) is 0 Å². The standard InChI is InChI=1S/C14H18FNO2/c1-10-7-11(4-5-13(10)15)8-14(18)16-6-2-3-12(17)9-16/h4-5,7,12,17H,2-3,6,8-9H2,1H3. The topological polar surface area (TPSA) is 40.5 Å². The summed E-state index contributed by atoms with van der Waals surface area (Å²) in [6.45, 7) is 2.81. The van der Waals surface area contributed by atoms with E-state index in [9.17, 15) is 14.3 Å². The zero-order valence-electron chi connectivity index (χ0n) is 10.5. The highest BCUT2D eigenvalue weighted by molar-refractivity contribution is 5.79. The van der Waals surface area contributed by atoms with Crippen molar-refractivity contribution < 1.29 is 14.3 Å². The van der Waals surface area contributed by atoms with Crippen molar-refractivity contribution in [1.82, 2.24) is 4.90 Å². The van der Waals surface area contributed by atoms with Crippen LogP contribution in [-0.2, 0) is 11.2 Å². The Hall–Kier alpha value is -1.42. The number of rotatable bonds is 2. The van der Waals surface area contributed by atoms with Crippen molar-refractivity contribution in [2.75, 3.05) is 13.1 Å². The lowest BCUT2D eigenvalue weighted by molar-refractivity contribution is -0.133. The summed E-state index contributed by atoms with van der Waals surface area (Å²) in [6, 6.07) is 4.73. The van der Waals surface area contributed by atoms with Gasteiger partial charge >= 0.3 is 0 Å². The van der Waals surface area contributed by atoms with Crippen LogP contribution >= 0.6 is 0 Å². The van der Waals surface area contributed by atoms with Gasteiger partial charge in [-0.05, 0) is 37.0 Å². The average molecular weight is 251 g/mol. The monoisotopic (exact) mass is 251 g/mol. The number of halogens is 1. The first-order valence-corrected chi connectivity index (χ1v) is 6.27. The molecule has 2 rings (SSSR count). The molecule has 4 heteroatoms.